The number of likely N-dealkylation sites (tertiary alicyclic amines) is 1. The molecule has 0 aromatic heterocycles. The van der Waals surface area contributed by atoms with E-state index in [1.54, 1.807) is 0 Å². The lowest BCUT2D eigenvalue weighted by Crippen LogP contribution is -2.47. The van der Waals surface area contributed by atoms with Gasteiger partial charge >= 0.3 is 0 Å². The van der Waals surface area contributed by atoms with Crippen LogP contribution in [0.1, 0.15) is 26.7 Å². The molecule has 1 aliphatic heterocycles. The van der Waals surface area contributed by atoms with Gasteiger partial charge in [0.15, 0.2) is 0 Å². The van der Waals surface area contributed by atoms with Crippen LogP contribution < -0.4 is 5.32 Å². The predicted octanol–water partition coefficient (Wildman–Crippen LogP) is 3.28. The summed E-state index contributed by atoms with van der Waals surface area (Å²) in [6.07, 6.45) is 2.36. The summed E-state index contributed by atoms with van der Waals surface area (Å²) in [5, 5.41) is 2.97. The van der Waals surface area contributed by atoms with E-state index in [4.69, 9.17) is 4.74 Å². The lowest BCUT2D eigenvalue weighted by Gasteiger charge is -2.35. The van der Waals surface area contributed by atoms with Crippen LogP contribution in [0.3, 0.4) is 0 Å². The van der Waals surface area contributed by atoms with E-state index in [1.807, 2.05) is 38.1 Å². The molecule has 1 saturated heterocycles. The molecule has 1 aliphatic rings. The fraction of sp³-hybridized carbons (Fsp3) is 0.562. The third-order valence-corrected chi connectivity index (χ3v) is 4.39. The summed E-state index contributed by atoms with van der Waals surface area (Å²) < 4.78 is 6.61. The molecule has 4 nitrogen and oxygen atoms in total. The van der Waals surface area contributed by atoms with Crippen molar-refractivity contribution in [2.45, 2.75) is 38.8 Å². The molecular formula is C16H23BrN2O2. The maximum Gasteiger partial charge on any atom is 0.241 e. The van der Waals surface area contributed by atoms with Crippen molar-refractivity contribution in [3.8, 4) is 0 Å². The average Bonchev–Trinajstić information content (AvgIpc) is 2.47. The molecule has 1 atom stereocenters. The number of hydrogen-bond donors (Lipinski definition) is 1. The van der Waals surface area contributed by atoms with E-state index in [0.717, 1.165) is 42.7 Å². The number of nitrogens with zero attached hydrogens (tertiary/aromatic N) is 1. The molecule has 0 spiro atoms. The Hall–Kier alpha value is -0.910. The summed E-state index contributed by atoms with van der Waals surface area (Å²) in [5.74, 6) is 0.0444. The third-order valence-electron chi connectivity index (χ3n) is 3.90. The largest absolute Gasteiger partial charge is 0.378 e. The molecule has 1 unspecified atom stereocenters. The fourth-order valence-electron chi connectivity index (χ4n) is 2.64. The number of carbonyl (C=O) groups excluding carboxylic acids is 1. The molecule has 21 heavy (non-hydrogen) atoms. The Kier molecular flexibility index (Phi) is 6.21. The van der Waals surface area contributed by atoms with Gasteiger partial charge in [-0.2, -0.15) is 0 Å². The number of nitrogens with one attached hydrogen (secondary N) is 1. The van der Waals surface area contributed by atoms with Crippen LogP contribution in [0.4, 0.5) is 5.69 Å². The number of rotatable bonds is 5. The standard InChI is InChI=1S/C16H23BrN2O2/c1-3-21-15-7-9-19(10-8-15)12(2)16(20)18-14-6-4-5-13(17)11-14/h4-6,11-12,15H,3,7-10H2,1-2H3,(H,18,20). The number of piperidine rings is 1. The molecular weight excluding hydrogens is 332 g/mol. The summed E-state index contributed by atoms with van der Waals surface area (Å²) >= 11 is 3.41. The second kappa shape index (κ2) is 7.92. The normalized spacial score (nSPS) is 18.4. The number of carbonyl (C=O) groups is 1. The van der Waals surface area contributed by atoms with Crippen molar-refractivity contribution in [2.75, 3.05) is 25.0 Å². The number of amides is 1. The Morgan fingerprint density at radius 1 is 1.48 bits per heavy atom. The van der Waals surface area contributed by atoms with Gasteiger partial charge in [-0.25, -0.2) is 0 Å². The van der Waals surface area contributed by atoms with E-state index in [2.05, 4.69) is 26.1 Å². The van der Waals surface area contributed by atoms with Crippen molar-refractivity contribution >= 4 is 27.5 Å². The number of anilines is 1. The van der Waals surface area contributed by atoms with Crippen LogP contribution in [0.15, 0.2) is 28.7 Å². The van der Waals surface area contributed by atoms with Crippen LogP contribution in [0.5, 0.6) is 0 Å². The van der Waals surface area contributed by atoms with Crippen molar-refractivity contribution in [3.05, 3.63) is 28.7 Å². The molecule has 116 valence electrons. The van der Waals surface area contributed by atoms with Crippen molar-refractivity contribution in [2.24, 2.45) is 0 Å². The van der Waals surface area contributed by atoms with E-state index < -0.39 is 0 Å². The minimum absolute atomic E-state index is 0.0444. The maximum atomic E-state index is 12.3. The zero-order valence-corrected chi connectivity index (χ0v) is 14.2. The molecule has 0 bridgehead atoms. The van der Waals surface area contributed by atoms with Gasteiger partial charge in [0, 0.05) is 29.9 Å². The Morgan fingerprint density at radius 3 is 2.81 bits per heavy atom. The quantitative estimate of drug-likeness (QED) is 0.881. The Bertz CT molecular complexity index is 473. The molecule has 1 aromatic rings. The first-order chi connectivity index (χ1) is 10.1. The first kappa shape index (κ1) is 16.5. The highest BCUT2D eigenvalue weighted by atomic mass is 79.9. The lowest BCUT2D eigenvalue weighted by atomic mass is 10.1. The van der Waals surface area contributed by atoms with Crippen LogP contribution in [-0.4, -0.2) is 42.6 Å². The van der Waals surface area contributed by atoms with Gasteiger partial charge in [0.25, 0.3) is 0 Å². The second-order valence-corrected chi connectivity index (χ2v) is 6.28. The molecule has 0 aliphatic carbocycles. The Balaban J connectivity index is 1.85. The SMILES string of the molecule is CCOC1CCN(C(C)C(=O)Nc2cccc(Br)c2)CC1. The summed E-state index contributed by atoms with van der Waals surface area (Å²) in [6, 6.07) is 7.55. The molecule has 0 saturated carbocycles. The molecule has 1 heterocycles. The van der Waals surface area contributed by atoms with Crippen molar-refractivity contribution in [3.63, 3.8) is 0 Å². The average molecular weight is 355 g/mol. The summed E-state index contributed by atoms with van der Waals surface area (Å²) in [7, 11) is 0. The van der Waals surface area contributed by atoms with E-state index in [9.17, 15) is 4.79 Å². The van der Waals surface area contributed by atoms with Crippen molar-refractivity contribution in [1.82, 2.24) is 4.90 Å². The molecule has 1 fully saturated rings. The van der Waals surface area contributed by atoms with Gasteiger partial charge in [-0.05, 0) is 44.9 Å². The van der Waals surface area contributed by atoms with E-state index in [1.165, 1.54) is 0 Å². The van der Waals surface area contributed by atoms with Gasteiger partial charge < -0.3 is 10.1 Å². The first-order valence-corrected chi connectivity index (χ1v) is 8.31. The minimum Gasteiger partial charge on any atom is -0.378 e. The lowest BCUT2D eigenvalue weighted by molar-refractivity contribution is -0.121. The third kappa shape index (κ3) is 4.80. The minimum atomic E-state index is -0.119. The monoisotopic (exact) mass is 354 g/mol. The highest BCUT2D eigenvalue weighted by Gasteiger charge is 2.26. The van der Waals surface area contributed by atoms with E-state index >= 15 is 0 Å². The zero-order chi connectivity index (χ0) is 15.2. The fourth-order valence-corrected chi connectivity index (χ4v) is 3.04. The maximum absolute atomic E-state index is 12.3. The van der Waals surface area contributed by atoms with Gasteiger partial charge in [0.2, 0.25) is 5.91 Å². The zero-order valence-electron chi connectivity index (χ0n) is 12.6. The van der Waals surface area contributed by atoms with Crippen molar-refractivity contribution < 1.29 is 9.53 Å². The highest BCUT2D eigenvalue weighted by Crippen LogP contribution is 2.19. The number of halogens is 1. The summed E-state index contributed by atoms with van der Waals surface area (Å²) in [6.45, 7) is 6.59. The van der Waals surface area contributed by atoms with Crippen LogP contribution in [0, 0.1) is 0 Å². The van der Waals surface area contributed by atoms with Gasteiger partial charge in [-0.1, -0.05) is 22.0 Å². The van der Waals surface area contributed by atoms with Gasteiger partial charge in [-0.3, -0.25) is 9.69 Å². The number of ether oxygens (including phenoxy) is 1. The molecule has 5 heteroatoms. The highest BCUT2D eigenvalue weighted by molar-refractivity contribution is 9.10. The van der Waals surface area contributed by atoms with Crippen LogP contribution in [-0.2, 0) is 9.53 Å². The topological polar surface area (TPSA) is 41.6 Å². The van der Waals surface area contributed by atoms with Crippen LogP contribution in [0.2, 0.25) is 0 Å². The molecule has 2 rings (SSSR count). The van der Waals surface area contributed by atoms with E-state index in [-0.39, 0.29) is 11.9 Å². The number of benzene rings is 1. The van der Waals surface area contributed by atoms with Crippen molar-refractivity contribution in [1.29, 1.82) is 0 Å². The molecule has 1 N–H and O–H groups in total. The summed E-state index contributed by atoms with van der Waals surface area (Å²) in [5.41, 5.74) is 0.824. The molecule has 1 aromatic carbocycles. The van der Waals surface area contributed by atoms with E-state index in [0.29, 0.717) is 6.10 Å². The molecule has 0 radical (unpaired) electrons. The smallest absolute Gasteiger partial charge is 0.241 e. The second-order valence-electron chi connectivity index (χ2n) is 5.37. The van der Waals surface area contributed by atoms with Gasteiger partial charge in [0.05, 0.1) is 12.1 Å². The number of hydrogen-bond acceptors (Lipinski definition) is 3. The van der Waals surface area contributed by atoms with Gasteiger partial charge in [0.1, 0.15) is 0 Å². The van der Waals surface area contributed by atoms with Crippen LogP contribution >= 0.6 is 15.9 Å². The summed E-state index contributed by atoms with van der Waals surface area (Å²) in [4.78, 5) is 14.6. The molecule has 1 amide bonds. The Morgan fingerprint density at radius 2 is 2.19 bits per heavy atom. The van der Waals surface area contributed by atoms with Crippen LogP contribution in [0.25, 0.3) is 0 Å². The predicted molar refractivity (Wildman–Crippen MR) is 88.5 cm³/mol. The first-order valence-electron chi connectivity index (χ1n) is 7.52. The Labute approximate surface area is 135 Å². The van der Waals surface area contributed by atoms with Gasteiger partial charge in [-0.15, -0.1) is 0 Å².